The summed E-state index contributed by atoms with van der Waals surface area (Å²) in [6.45, 7) is 3.73. The number of carbonyl (C=O) groups is 8. The molecule has 69 heavy (non-hydrogen) atoms. The van der Waals surface area contributed by atoms with Crippen LogP contribution in [0.2, 0.25) is 0 Å². The van der Waals surface area contributed by atoms with Crippen LogP contribution in [0, 0.1) is 0 Å². The Hall–Kier alpha value is -5.96. The maximum absolute atomic E-state index is 13.3. The van der Waals surface area contributed by atoms with E-state index >= 15 is 0 Å². The summed E-state index contributed by atoms with van der Waals surface area (Å²) in [5, 5.41) is 31.7. The molecule has 2 aromatic heterocycles. The van der Waals surface area contributed by atoms with Gasteiger partial charge < -0.3 is 57.4 Å². The molecule has 25 heteroatoms. The topological polar surface area (TPSA) is 314 Å². The molecule has 5 atom stereocenters. The second-order valence-corrected chi connectivity index (χ2v) is 17.8. The van der Waals surface area contributed by atoms with Gasteiger partial charge in [-0.15, -0.1) is 0 Å². The number of anilines is 2. The average Bonchev–Trinajstić information content (AvgIpc) is 4.13. The number of hydrogen-bond donors (Lipinski definition) is 12. The first-order valence-electron chi connectivity index (χ1n) is 23.7. The van der Waals surface area contributed by atoms with E-state index in [1.54, 1.807) is 65.6 Å². The molecule has 0 aliphatic carbocycles. The Morgan fingerprint density at radius 1 is 0.551 bits per heavy atom. The molecule has 3 saturated heterocycles. The zero-order chi connectivity index (χ0) is 50.0. The Bertz CT molecular complexity index is 2110. The normalized spacial score (nSPS) is 20.6. The maximum Gasteiger partial charge on any atom is 0.267 e. The maximum atomic E-state index is 13.3. The van der Waals surface area contributed by atoms with Gasteiger partial charge in [0.05, 0.1) is 23.7 Å². The molecule has 8 amide bonds. The quantitative estimate of drug-likeness (QED) is 0.0409. The summed E-state index contributed by atoms with van der Waals surface area (Å²) in [7, 11) is 8.65. The molecule has 5 heterocycles. The summed E-state index contributed by atoms with van der Waals surface area (Å²) < 4.78 is 3.14. The van der Waals surface area contributed by atoms with Crippen molar-refractivity contribution in [1.82, 2.24) is 71.7 Å². The van der Waals surface area contributed by atoms with Gasteiger partial charge in [0.25, 0.3) is 29.5 Å². The molecule has 3 unspecified atom stereocenters. The predicted molar refractivity (Wildman–Crippen MR) is 257 cm³/mol. The molecule has 3 fully saturated rings. The van der Waals surface area contributed by atoms with E-state index in [0.29, 0.717) is 43.2 Å². The van der Waals surface area contributed by atoms with Crippen molar-refractivity contribution < 1.29 is 38.4 Å². The number of unbranched alkanes of at least 4 members (excludes halogenated alkanes) is 5. The molecule has 13 N–H and O–H groups in total. The highest BCUT2D eigenvalue weighted by atomic mass is 16.2. The Morgan fingerprint density at radius 3 is 1.52 bits per heavy atom. The minimum atomic E-state index is -0.804. The smallest absolute Gasteiger partial charge is 0.267 e. The summed E-state index contributed by atoms with van der Waals surface area (Å²) in [6, 6.07) is 3.08. The van der Waals surface area contributed by atoms with Gasteiger partial charge in [-0.25, -0.2) is 0 Å². The summed E-state index contributed by atoms with van der Waals surface area (Å²) in [5.74, 6) is -2.62. The van der Waals surface area contributed by atoms with Crippen molar-refractivity contribution in [3.8, 4) is 0 Å². The number of rotatable bonds is 26. The van der Waals surface area contributed by atoms with E-state index in [9.17, 15) is 38.4 Å². The third-order valence-corrected chi connectivity index (χ3v) is 12.1. The van der Waals surface area contributed by atoms with E-state index in [-0.39, 0.29) is 74.1 Å². The Balaban J connectivity index is 0.939. The number of hydrogen-bond acceptors (Lipinski definition) is 15. The van der Waals surface area contributed by atoms with E-state index in [1.807, 2.05) is 11.9 Å². The molecular weight excluding hydrogens is 895 g/mol. The standard InChI is InChI=1S/C44H73N17O8/c1-57-21-20-47-37(57)43(68)51-28-22-30(58(2)24-28)40(65)48-19-14-36(64)54-33-27-61(5)39(56-33)44(69)52-29-23-31(59(3)25-29)41(66)49-18-13-35(63)53-32-26-60(4)38(55-32)42(67)50-17-12-34(62)46-16-11-9-7-6-8-10-15-45/h22-25,32-33,37-39,47,55-56H,6-21,26-27,45H2,1-5H3,(H,46,62)(H,48,65)(H,49,66)(H,50,67)(H,51,68)(H,52,69)(H,53,63)(H,54,64)/t32?,33?,37-,38?,39-/m1/s1. The van der Waals surface area contributed by atoms with Crippen LogP contribution >= 0.6 is 0 Å². The molecule has 3 aliphatic heterocycles. The first kappa shape index (κ1) is 54.0. The lowest BCUT2D eigenvalue weighted by Crippen LogP contribution is -2.51. The lowest BCUT2D eigenvalue weighted by atomic mass is 10.1. The summed E-state index contributed by atoms with van der Waals surface area (Å²) in [5.41, 5.74) is 6.91. The molecular formula is C44H73N17O8. The summed E-state index contributed by atoms with van der Waals surface area (Å²) in [6.07, 6.45) is 6.72. The van der Waals surface area contributed by atoms with E-state index in [2.05, 4.69) is 58.5 Å². The molecule has 2 aromatic rings. The number of amides is 8. The minimum absolute atomic E-state index is 0.0183. The van der Waals surface area contributed by atoms with Crippen LogP contribution in [0.3, 0.4) is 0 Å². The van der Waals surface area contributed by atoms with Crippen molar-refractivity contribution in [1.29, 1.82) is 0 Å². The van der Waals surface area contributed by atoms with Crippen LogP contribution in [0.4, 0.5) is 11.4 Å². The van der Waals surface area contributed by atoms with Gasteiger partial charge in [-0.05, 0) is 52.7 Å². The minimum Gasteiger partial charge on any atom is -0.356 e. The van der Waals surface area contributed by atoms with Crippen LogP contribution in [-0.2, 0) is 42.9 Å². The summed E-state index contributed by atoms with van der Waals surface area (Å²) in [4.78, 5) is 108. The SMILES string of the molecule is CN1CC(NC(=O)CCNC(=O)c2cc(NC(=O)[C@@H]3NC(NC(=O)CCNC(=O)c4cc(NC(=O)[C@@H]5NCCN5C)cn4C)CN3C)cn2C)NC1C(=O)NCCC(=O)NCCCCCCCCN. The van der Waals surface area contributed by atoms with Gasteiger partial charge in [0.2, 0.25) is 17.7 Å². The van der Waals surface area contributed by atoms with E-state index in [1.165, 1.54) is 6.07 Å². The monoisotopic (exact) mass is 968 g/mol. The first-order chi connectivity index (χ1) is 33.0. The Labute approximate surface area is 402 Å². The van der Waals surface area contributed by atoms with Crippen molar-refractivity contribution in [2.75, 3.05) is 90.7 Å². The van der Waals surface area contributed by atoms with Gasteiger partial charge in [0.15, 0.2) is 0 Å². The number of carbonyl (C=O) groups excluding carboxylic acids is 8. The Morgan fingerprint density at radius 2 is 1.01 bits per heavy atom. The third-order valence-electron chi connectivity index (χ3n) is 12.1. The van der Waals surface area contributed by atoms with Crippen molar-refractivity contribution in [2.24, 2.45) is 19.8 Å². The number of nitrogens with two attached hydrogens (primary N) is 1. The number of nitrogens with zero attached hydrogens (tertiary/aromatic N) is 5. The molecule has 0 spiro atoms. The summed E-state index contributed by atoms with van der Waals surface area (Å²) >= 11 is 0. The van der Waals surface area contributed by atoms with Crippen LogP contribution in [0.5, 0.6) is 0 Å². The first-order valence-corrected chi connectivity index (χ1v) is 23.7. The number of aromatic nitrogens is 2. The largest absolute Gasteiger partial charge is 0.356 e. The lowest BCUT2D eigenvalue weighted by Gasteiger charge is -2.18. The zero-order valence-electron chi connectivity index (χ0n) is 40.5. The van der Waals surface area contributed by atoms with Crippen LogP contribution in [0.1, 0.15) is 78.8 Å². The molecule has 0 bridgehead atoms. The molecule has 25 nitrogen and oxygen atoms in total. The van der Waals surface area contributed by atoms with Crippen molar-refractivity contribution in [3.63, 3.8) is 0 Å². The second-order valence-electron chi connectivity index (χ2n) is 17.8. The third kappa shape index (κ3) is 16.6. The molecule has 0 radical (unpaired) electrons. The van der Waals surface area contributed by atoms with E-state index < -0.39 is 48.6 Å². The fourth-order valence-corrected chi connectivity index (χ4v) is 8.33. The number of nitrogens with one attached hydrogen (secondary N) is 11. The van der Waals surface area contributed by atoms with Crippen molar-refractivity contribution in [2.45, 2.75) is 88.6 Å². The van der Waals surface area contributed by atoms with Crippen LogP contribution < -0.4 is 64.2 Å². The molecule has 5 rings (SSSR count). The van der Waals surface area contributed by atoms with Crippen LogP contribution in [0.15, 0.2) is 24.5 Å². The van der Waals surface area contributed by atoms with Crippen LogP contribution in [-0.4, -0.2) is 182 Å². The highest BCUT2D eigenvalue weighted by Gasteiger charge is 2.36. The average molecular weight is 968 g/mol. The predicted octanol–water partition coefficient (Wildman–Crippen LogP) is -3.43. The molecule has 382 valence electrons. The van der Waals surface area contributed by atoms with Crippen molar-refractivity contribution in [3.05, 3.63) is 35.9 Å². The zero-order valence-corrected chi connectivity index (χ0v) is 40.5. The molecule has 0 saturated carbocycles. The molecule has 3 aliphatic rings. The van der Waals surface area contributed by atoms with Gasteiger partial charge in [0.1, 0.15) is 29.9 Å². The molecule has 0 aromatic carbocycles. The van der Waals surface area contributed by atoms with Crippen LogP contribution in [0.25, 0.3) is 0 Å². The van der Waals surface area contributed by atoms with Gasteiger partial charge >= 0.3 is 0 Å². The van der Waals surface area contributed by atoms with Gasteiger partial charge in [0, 0.05) is 98.1 Å². The highest BCUT2D eigenvalue weighted by molar-refractivity contribution is 5.99. The van der Waals surface area contributed by atoms with Gasteiger partial charge in [-0.2, -0.15) is 0 Å². The van der Waals surface area contributed by atoms with Crippen molar-refractivity contribution >= 4 is 58.6 Å². The number of aryl methyl sites for hydroxylation is 2. The fourth-order valence-electron chi connectivity index (χ4n) is 8.33. The fraction of sp³-hybridized carbons (Fsp3) is 0.636. The van der Waals surface area contributed by atoms with E-state index in [4.69, 9.17) is 5.73 Å². The second kappa shape index (κ2) is 26.7. The van der Waals surface area contributed by atoms with Gasteiger partial charge in [-0.1, -0.05) is 25.7 Å². The van der Waals surface area contributed by atoms with Gasteiger partial charge in [-0.3, -0.25) is 69.0 Å². The Kier molecular flexibility index (Phi) is 20.9. The number of likely N-dealkylation sites (N-methyl/N-ethyl adjacent to an activating group) is 3. The highest BCUT2D eigenvalue weighted by Crippen LogP contribution is 2.17. The lowest BCUT2D eigenvalue weighted by molar-refractivity contribution is -0.126. The van der Waals surface area contributed by atoms with E-state index in [0.717, 1.165) is 51.6 Å².